The van der Waals surface area contributed by atoms with Gasteiger partial charge in [-0.25, -0.2) is 18.1 Å². The molecule has 152 valence electrons. The molecule has 2 aromatic carbocycles. The van der Waals surface area contributed by atoms with Gasteiger partial charge in [-0.05, 0) is 42.7 Å². The average Bonchev–Trinajstić information content (AvgIpc) is 3.25. The second-order valence-electron chi connectivity index (χ2n) is 7.06. The lowest BCUT2D eigenvalue weighted by atomic mass is 10.1. The molecular weight excluding hydrogens is 388 g/mol. The van der Waals surface area contributed by atoms with E-state index in [1.54, 1.807) is 12.1 Å². The van der Waals surface area contributed by atoms with E-state index < -0.39 is 10.0 Å². The van der Waals surface area contributed by atoms with Crippen molar-refractivity contribution in [1.29, 1.82) is 0 Å². The number of nitrogens with one attached hydrogen (secondary N) is 1. The lowest BCUT2D eigenvalue weighted by Crippen LogP contribution is -2.28. The minimum Gasteiger partial charge on any atom is -0.476 e. The van der Waals surface area contributed by atoms with Crippen LogP contribution in [0.1, 0.15) is 18.7 Å². The molecule has 0 bridgehead atoms. The maximum absolute atomic E-state index is 12.6. The summed E-state index contributed by atoms with van der Waals surface area (Å²) in [6, 6.07) is 14.6. The first-order valence-corrected chi connectivity index (χ1v) is 11.2. The molecule has 0 atom stereocenters. The highest BCUT2D eigenvalue weighted by atomic mass is 32.2. The Morgan fingerprint density at radius 3 is 2.59 bits per heavy atom. The summed E-state index contributed by atoms with van der Waals surface area (Å²) in [5.41, 5.74) is 0. The molecule has 0 spiro atoms. The third kappa shape index (κ3) is 4.65. The quantitative estimate of drug-likeness (QED) is 0.601. The molecule has 2 heterocycles. The van der Waals surface area contributed by atoms with Crippen molar-refractivity contribution in [3.8, 4) is 5.88 Å². The molecule has 1 aliphatic heterocycles. The van der Waals surface area contributed by atoms with Gasteiger partial charge < -0.3 is 9.64 Å². The van der Waals surface area contributed by atoms with Gasteiger partial charge in [-0.2, -0.15) is 4.98 Å². The Bertz CT molecular complexity index is 1110. The van der Waals surface area contributed by atoms with Gasteiger partial charge in [0.25, 0.3) is 0 Å². The van der Waals surface area contributed by atoms with Gasteiger partial charge >= 0.3 is 0 Å². The molecule has 0 radical (unpaired) electrons. The number of anilines is 1. The van der Waals surface area contributed by atoms with Crippen LogP contribution in [0.5, 0.6) is 5.88 Å². The maximum atomic E-state index is 12.6. The van der Waals surface area contributed by atoms with Crippen molar-refractivity contribution in [1.82, 2.24) is 14.7 Å². The topological polar surface area (TPSA) is 84.4 Å². The number of ether oxygens (including phenoxy) is 1. The van der Waals surface area contributed by atoms with Crippen molar-refractivity contribution in [2.75, 3.05) is 31.1 Å². The number of hydrogen-bond acceptors (Lipinski definition) is 6. The largest absolute Gasteiger partial charge is 0.476 e. The van der Waals surface area contributed by atoms with Crippen LogP contribution >= 0.6 is 0 Å². The first-order chi connectivity index (χ1) is 14.0. The minimum atomic E-state index is -3.61. The first-order valence-electron chi connectivity index (χ1n) is 9.73. The zero-order valence-electron chi connectivity index (χ0n) is 16.3. The zero-order valence-corrected chi connectivity index (χ0v) is 17.2. The van der Waals surface area contributed by atoms with E-state index in [0.717, 1.165) is 42.5 Å². The molecule has 1 fully saturated rings. The summed E-state index contributed by atoms with van der Waals surface area (Å²) in [5, 5.41) is 1.89. The molecule has 29 heavy (non-hydrogen) atoms. The van der Waals surface area contributed by atoms with E-state index in [-0.39, 0.29) is 18.0 Å². The smallest absolute Gasteiger partial charge is 0.240 e. The van der Waals surface area contributed by atoms with Gasteiger partial charge in [-0.3, -0.25) is 0 Å². The van der Waals surface area contributed by atoms with Crippen LogP contribution < -0.4 is 14.4 Å². The standard InChI is InChI=1S/C21H24N4O3S/c1-16-23-20(25-11-4-5-12-25)15-21(24-16)28-13-10-22-29(26,27)19-9-8-17-6-2-3-7-18(17)14-19/h2-3,6-9,14-15,22H,4-5,10-13H2,1H3. The Labute approximate surface area is 170 Å². The van der Waals surface area contributed by atoms with Gasteiger partial charge in [0.05, 0.1) is 4.90 Å². The highest BCUT2D eigenvalue weighted by molar-refractivity contribution is 7.89. The van der Waals surface area contributed by atoms with E-state index >= 15 is 0 Å². The molecule has 0 saturated carbocycles. The fourth-order valence-electron chi connectivity index (χ4n) is 3.46. The number of rotatable bonds is 7. The Balaban J connectivity index is 1.37. The predicted octanol–water partition coefficient (Wildman–Crippen LogP) is 2.90. The Hall–Kier alpha value is -2.71. The fraction of sp³-hybridized carbons (Fsp3) is 0.333. The van der Waals surface area contributed by atoms with Crippen LogP contribution in [-0.4, -0.2) is 44.6 Å². The molecule has 4 rings (SSSR count). The summed E-state index contributed by atoms with van der Waals surface area (Å²) in [7, 11) is -3.61. The lowest BCUT2D eigenvalue weighted by Gasteiger charge is -2.17. The number of hydrogen-bond donors (Lipinski definition) is 1. The van der Waals surface area contributed by atoms with Crippen molar-refractivity contribution in [3.05, 3.63) is 54.4 Å². The van der Waals surface area contributed by atoms with Crippen molar-refractivity contribution >= 4 is 26.6 Å². The van der Waals surface area contributed by atoms with Crippen LogP contribution in [0.15, 0.2) is 53.4 Å². The Morgan fingerprint density at radius 2 is 1.79 bits per heavy atom. The fourth-order valence-corrected chi connectivity index (χ4v) is 4.50. The second kappa shape index (κ2) is 8.34. The molecule has 1 saturated heterocycles. The van der Waals surface area contributed by atoms with E-state index in [1.807, 2.05) is 43.3 Å². The maximum Gasteiger partial charge on any atom is 0.240 e. The number of benzene rings is 2. The molecule has 7 nitrogen and oxygen atoms in total. The molecule has 1 aliphatic rings. The summed E-state index contributed by atoms with van der Waals surface area (Å²) < 4.78 is 33.4. The Kier molecular flexibility index (Phi) is 5.64. The van der Waals surface area contributed by atoms with Gasteiger partial charge in [-0.1, -0.05) is 30.3 Å². The summed E-state index contributed by atoms with van der Waals surface area (Å²) in [4.78, 5) is 11.2. The molecule has 1 N–H and O–H groups in total. The van der Waals surface area contributed by atoms with Crippen LogP contribution in [0.3, 0.4) is 0 Å². The lowest BCUT2D eigenvalue weighted by molar-refractivity contribution is 0.309. The van der Waals surface area contributed by atoms with Gasteiger partial charge in [0.15, 0.2) is 0 Å². The van der Waals surface area contributed by atoms with E-state index in [4.69, 9.17) is 4.74 Å². The van der Waals surface area contributed by atoms with Crippen LogP contribution in [0, 0.1) is 6.92 Å². The first kappa shape index (κ1) is 19.6. The van der Waals surface area contributed by atoms with Gasteiger partial charge in [0.1, 0.15) is 18.2 Å². The number of fused-ring (bicyclic) bond motifs is 1. The molecule has 0 aliphatic carbocycles. The normalized spacial score (nSPS) is 14.4. The summed E-state index contributed by atoms with van der Waals surface area (Å²) in [5.74, 6) is 1.96. The van der Waals surface area contributed by atoms with Crippen LogP contribution in [-0.2, 0) is 10.0 Å². The molecule has 3 aromatic rings. The number of aryl methyl sites for hydroxylation is 1. The summed E-state index contributed by atoms with van der Waals surface area (Å²) >= 11 is 0. The van der Waals surface area contributed by atoms with Crippen molar-refractivity contribution in [2.24, 2.45) is 0 Å². The molecule has 0 unspecified atom stereocenters. The van der Waals surface area contributed by atoms with E-state index in [1.165, 1.54) is 0 Å². The molecular formula is C21H24N4O3S. The van der Waals surface area contributed by atoms with Crippen molar-refractivity contribution in [2.45, 2.75) is 24.7 Å². The number of nitrogens with zero attached hydrogens (tertiary/aromatic N) is 3. The molecule has 0 amide bonds. The SMILES string of the molecule is Cc1nc(OCCNS(=O)(=O)c2ccc3ccccc3c2)cc(N2CCCC2)n1. The van der Waals surface area contributed by atoms with E-state index in [2.05, 4.69) is 19.6 Å². The van der Waals surface area contributed by atoms with Gasteiger partial charge in [0.2, 0.25) is 15.9 Å². The van der Waals surface area contributed by atoms with Crippen LogP contribution in [0.4, 0.5) is 5.82 Å². The highest BCUT2D eigenvalue weighted by Crippen LogP contribution is 2.22. The highest BCUT2D eigenvalue weighted by Gasteiger charge is 2.16. The average molecular weight is 413 g/mol. The number of sulfonamides is 1. The van der Waals surface area contributed by atoms with Gasteiger partial charge in [0, 0.05) is 25.7 Å². The molecule has 1 aromatic heterocycles. The van der Waals surface area contributed by atoms with Crippen molar-refractivity contribution in [3.63, 3.8) is 0 Å². The third-order valence-electron chi connectivity index (χ3n) is 4.91. The van der Waals surface area contributed by atoms with Crippen molar-refractivity contribution < 1.29 is 13.2 Å². The minimum absolute atomic E-state index is 0.150. The van der Waals surface area contributed by atoms with Crippen LogP contribution in [0.2, 0.25) is 0 Å². The van der Waals surface area contributed by atoms with Crippen LogP contribution in [0.25, 0.3) is 10.8 Å². The monoisotopic (exact) mass is 412 g/mol. The summed E-state index contributed by atoms with van der Waals surface area (Å²) in [6.45, 7) is 4.14. The van der Waals surface area contributed by atoms with E-state index in [0.29, 0.717) is 11.7 Å². The van der Waals surface area contributed by atoms with E-state index in [9.17, 15) is 8.42 Å². The number of aromatic nitrogens is 2. The summed E-state index contributed by atoms with van der Waals surface area (Å²) in [6.07, 6.45) is 2.32. The van der Waals surface area contributed by atoms with Gasteiger partial charge in [-0.15, -0.1) is 0 Å². The predicted molar refractivity (Wildman–Crippen MR) is 113 cm³/mol. The Morgan fingerprint density at radius 1 is 1.03 bits per heavy atom. The third-order valence-corrected chi connectivity index (χ3v) is 6.37. The zero-order chi connectivity index (χ0) is 20.3. The second-order valence-corrected chi connectivity index (χ2v) is 8.83. The molecule has 8 heteroatoms.